The van der Waals surface area contributed by atoms with Gasteiger partial charge in [-0.1, -0.05) is 29.8 Å². The van der Waals surface area contributed by atoms with Crippen LogP contribution in [0.4, 0.5) is 0 Å². The molecule has 2 amide bonds. The lowest BCUT2D eigenvalue weighted by Crippen LogP contribution is -2.53. The van der Waals surface area contributed by atoms with Gasteiger partial charge < -0.3 is 16.4 Å². The van der Waals surface area contributed by atoms with Crippen molar-refractivity contribution in [3.63, 3.8) is 0 Å². The largest absolute Gasteiger partial charge is 0.349 e. The third-order valence-corrected chi connectivity index (χ3v) is 4.57. The van der Waals surface area contributed by atoms with Crippen molar-refractivity contribution in [2.45, 2.75) is 51.6 Å². The van der Waals surface area contributed by atoms with Crippen molar-refractivity contribution in [1.82, 2.24) is 10.6 Å². The summed E-state index contributed by atoms with van der Waals surface area (Å²) in [5.41, 5.74) is 7.58. The Morgan fingerprint density at radius 2 is 1.88 bits per heavy atom. The number of hydrogen-bond donors (Lipinski definition) is 3. The molecule has 0 radical (unpaired) electrons. The average Bonchev–Trinajstić information content (AvgIpc) is 3.31. The minimum atomic E-state index is -0.342. The van der Waals surface area contributed by atoms with E-state index >= 15 is 0 Å². The molecule has 4 N–H and O–H groups in total. The molecule has 6 heteroatoms. The van der Waals surface area contributed by atoms with E-state index in [2.05, 4.69) is 10.6 Å². The number of hydrogen-bond acceptors (Lipinski definition) is 3. The van der Waals surface area contributed by atoms with Crippen LogP contribution in [0, 0.1) is 12.8 Å². The van der Waals surface area contributed by atoms with Gasteiger partial charge in [-0.3, -0.25) is 9.59 Å². The third kappa shape index (κ3) is 5.49. The predicted molar refractivity (Wildman–Crippen MR) is 97.9 cm³/mol. The zero-order valence-electron chi connectivity index (χ0n) is 14.6. The molecule has 24 heavy (non-hydrogen) atoms. The normalized spacial score (nSPS) is 17.2. The van der Waals surface area contributed by atoms with Crippen LogP contribution in [0.2, 0.25) is 0 Å². The number of carbonyl (C=O) groups excluding carboxylic acids is 2. The Kier molecular flexibility index (Phi) is 7.24. The summed E-state index contributed by atoms with van der Waals surface area (Å²) in [5, 5.41) is 5.94. The fraction of sp³-hybridized carbons (Fsp3) is 0.556. The number of benzene rings is 1. The standard InChI is InChI=1S/C18H27N3O2.ClH/c1-12-4-6-14(7-5-12)16(20-13(2)22)10-17(23)21-18(3,11-19)15-8-9-15;/h4-7,15-16H,8-11,19H2,1-3H3,(H,20,22)(H,21,23);1H. The van der Waals surface area contributed by atoms with E-state index in [1.54, 1.807) is 0 Å². The molecule has 0 saturated heterocycles. The summed E-state index contributed by atoms with van der Waals surface area (Å²) in [4.78, 5) is 23.9. The highest BCUT2D eigenvalue weighted by Crippen LogP contribution is 2.39. The summed E-state index contributed by atoms with van der Waals surface area (Å²) < 4.78 is 0. The second kappa shape index (κ2) is 8.49. The first-order valence-electron chi connectivity index (χ1n) is 8.19. The summed E-state index contributed by atoms with van der Waals surface area (Å²) in [6.07, 6.45) is 2.44. The van der Waals surface area contributed by atoms with Crippen molar-refractivity contribution < 1.29 is 9.59 Å². The van der Waals surface area contributed by atoms with Gasteiger partial charge in [-0.05, 0) is 38.2 Å². The SMILES string of the molecule is CC(=O)NC(CC(=O)NC(C)(CN)C1CC1)c1ccc(C)cc1.Cl. The molecular weight excluding hydrogens is 326 g/mol. The van der Waals surface area contributed by atoms with Gasteiger partial charge in [0.25, 0.3) is 0 Å². The Morgan fingerprint density at radius 3 is 2.33 bits per heavy atom. The van der Waals surface area contributed by atoms with E-state index in [1.807, 2.05) is 38.1 Å². The summed E-state index contributed by atoms with van der Waals surface area (Å²) in [6.45, 7) is 5.90. The monoisotopic (exact) mass is 353 g/mol. The molecule has 0 spiro atoms. The molecule has 0 bridgehead atoms. The fourth-order valence-electron chi connectivity index (χ4n) is 2.89. The van der Waals surface area contributed by atoms with Crippen molar-refractivity contribution in [3.8, 4) is 0 Å². The molecule has 1 aliphatic rings. The van der Waals surface area contributed by atoms with Gasteiger partial charge in [0.05, 0.1) is 18.0 Å². The Morgan fingerprint density at radius 1 is 1.29 bits per heavy atom. The number of rotatable bonds is 7. The average molecular weight is 354 g/mol. The van der Waals surface area contributed by atoms with Crippen LogP contribution >= 0.6 is 12.4 Å². The van der Waals surface area contributed by atoms with E-state index in [0.717, 1.165) is 24.0 Å². The maximum Gasteiger partial charge on any atom is 0.222 e. The van der Waals surface area contributed by atoms with E-state index in [-0.39, 0.29) is 42.2 Å². The van der Waals surface area contributed by atoms with Gasteiger partial charge in [-0.25, -0.2) is 0 Å². The van der Waals surface area contributed by atoms with Crippen LogP contribution in [-0.4, -0.2) is 23.9 Å². The Labute approximate surface area is 150 Å². The van der Waals surface area contributed by atoms with Crippen molar-refractivity contribution >= 4 is 24.2 Å². The summed E-state index contributed by atoms with van der Waals surface area (Å²) in [5.74, 6) is 0.242. The maximum atomic E-state index is 12.5. The molecule has 2 unspecified atom stereocenters. The second-order valence-electron chi connectivity index (χ2n) is 6.81. The molecule has 0 aliphatic heterocycles. The molecule has 2 atom stereocenters. The van der Waals surface area contributed by atoms with Crippen LogP contribution in [0.25, 0.3) is 0 Å². The number of amides is 2. The smallest absolute Gasteiger partial charge is 0.222 e. The van der Waals surface area contributed by atoms with Crippen LogP contribution in [-0.2, 0) is 9.59 Å². The molecular formula is C18H28ClN3O2. The third-order valence-electron chi connectivity index (χ3n) is 4.57. The maximum absolute atomic E-state index is 12.5. The highest BCUT2D eigenvalue weighted by molar-refractivity contribution is 5.85. The van der Waals surface area contributed by atoms with Crippen molar-refractivity contribution in [3.05, 3.63) is 35.4 Å². The number of carbonyl (C=O) groups is 2. The second-order valence-corrected chi connectivity index (χ2v) is 6.81. The molecule has 1 aliphatic carbocycles. The Hall–Kier alpha value is -1.59. The lowest BCUT2D eigenvalue weighted by molar-refractivity contribution is -0.124. The minimum Gasteiger partial charge on any atom is -0.349 e. The van der Waals surface area contributed by atoms with Crippen LogP contribution in [0.5, 0.6) is 0 Å². The highest BCUT2D eigenvalue weighted by atomic mass is 35.5. The molecule has 1 saturated carbocycles. The molecule has 0 heterocycles. The van der Waals surface area contributed by atoms with Gasteiger partial charge in [-0.2, -0.15) is 0 Å². The lowest BCUT2D eigenvalue weighted by atomic mass is 9.94. The Balaban J connectivity index is 0.00000288. The highest BCUT2D eigenvalue weighted by Gasteiger charge is 2.41. The first kappa shape index (κ1) is 20.5. The van der Waals surface area contributed by atoms with E-state index < -0.39 is 0 Å². The van der Waals surface area contributed by atoms with Crippen molar-refractivity contribution in [2.24, 2.45) is 11.7 Å². The van der Waals surface area contributed by atoms with E-state index in [4.69, 9.17) is 5.73 Å². The van der Waals surface area contributed by atoms with Gasteiger partial charge in [0, 0.05) is 13.5 Å². The van der Waals surface area contributed by atoms with Crippen molar-refractivity contribution in [2.75, 3.05) is 6.54 Å². The zero-order valence-corrected chi connectivity index (χ0v) is 15.4. The molecule has 2 rings (SSSR count). The molecule has 1 aromatic carbocycles. The predicted octanol–water partition coefficient (Wildman–Crippen LogP) is 2.23. The summed E-state index contributed by atoms with van der Waals surface area (Å²) in [6, 6.07) is 7.54. The topological polar surface area (TPSA) is 84.2 Å². The van der Waals surface area contributed by atoms with Crippen LogP contribution in [0.15, 0.2) is 24.3 Å². The quantitative estimate of drug-likeness (QED) is 0.702. The van der Waals surface area contributed by atoms with Gasteiger partial charge in [0.15, 0.2) is 0 Å². The van der Waals surface area contributed by atoms with Gasteiger partial charge in [0.1, 0.15) is 0 Å². The van der Waals surface area contributed by atoms with Crippen LogP contribution < -0.4 is 16.4 Å². The first-order chi connectivity index (χ1) is 10.8. The van der Waals surface area contributed by atoms with E-state index in [1.165, 1.54) is 6.92 Å². The fourth-order valence-corrected chi connectivity index (χ4v) is 2.89. The zero-order chi connectivity index (χ0) is 17.0. The van der Waals surface area contributed by atoms with Crippen LogP contribution in [0.1, 0.15) is 50.3 Å². The van der Waals surface area contributed by atoms with Gasteiger partial charge in [0.2, 0.25) is 11.8 Å². The molecule has 5 nitrogen and oxygen atoms in total. The van der Waals surface area contributed by atoms with Gasteiger partial charge in [-0.15, -0.1) is 12.4 Å². The van der Waals surface area contributed by atoms with Crippen LogP contribution in [0.3, 0.4) is 0 Å². The minimum absolute atomic E-state index is 0. The number of nitrogens with one attached hydrogen (secondary N) is 2. The van der Waals surface area contributed by atoms with E-state index in [0.29, 0.717) is 12.5 Å². The lowest BCUT2D eigenvalue weighted by Gasteiger charge is -2.30. The van der Waals surface area contributed by atoms with E-state index in [9.17, 15) is 9.59 Å². The molecule has 134 valence electrons. The number of nitrogens with two attached hydrogens (primary N) is 1. The van der Waals surface area contributed by atoms with Gasteiger partial charge >= 0.3 is 0 Å². The number of halogens is 1. The summed E-state index contributed by atoms with van der Waals surface area (Å²) in [7, 11) is 0. The molecule has 0 aromatic heterocycles. The Bertz CT molecular complexity index is 572. The molecule has 1 aromatic rings. The first-order valence-corrected chi connectivity index (χ1v) is 8.19. The number of aryl methyl sites for hydroxylation is 1. The summed E-state index contributed by atoms with van der Waals surface area (Å²) >= 11 is 0. The van der Waals surface area contributed by atoms with Crippen molar-refractivity contribution in [1.29, 1.82) is 0 Å². The molecule has 1 fully saturated rings.